The molecule has 3 nitrogen and oxygen atoms in total. The molecule has 11 heavy (non-hydrogen) atoms. The van der Waals surface area contributed by atoms with E-state index in [-0.39, 0.29) is 5.69 Å². The minimum absolute atomic E-state index is 0.218. The van der Waals surface area contributed by atoms with E-state index in [4.69, 9.17) is 0 Å². The summed E-state index contributed by atoms with van der Waals surface area (Å²) in [6.07, 6.45) is 1.71. The molecule has 0 fully saturated rings. The molecule has 0 N–H and O–H groups in total. The second kappa shape index (κ2) is 3.14. The molecule has 1 aromatic heterocycles. The molecule has 0 bridgehead atoms. The Morgan fingerprint density at radius 1 is 1.64 bits per heavy atom. The van der Waals surface area contributed by atoms with Gasteiger partial charge >= 0.3 is 0 Å². The van der Waals surface area contributed by atoms with E-state index in [0.29, 0.717) is 6.54 Å². The van der Waals surface area contributed by atoms with Crippen LogP contribution in [0.2, 0.25) is 0 Å². The summed E-state index contributed by atoms with van der Waals surface area (Å²) in [5.74, 6) is -1.13. The molecule has 3 heteroatoms. The van der Waals surface area contributed by atoms with Crippen LogP contribution in [0.3, 0.4) is 0 Å². The van der Waals surface area contributed by atoms with E-state index < -0.39 is 5.97 Å². The van der Waals surface area contributed by atoms with Crippen LogP contribution < -0.4 is 9.67 Å². The lowest BCUT2D eigenvalue weighted by atomic mass is 10.3. The number of carbonyl (C=O) groups is 1. The molecule has 0 spiro atoms. The van der Waals surface area contributed by atoms with E-state index in [1.54, 1.807) is 22.9 Å². The third-order valence-corrected chi connectivity index (χ3v) is 1.49. The van der Waals surface area contributed by atoms with Crippen LogP contribution in [0.5, 0.6) is 0 Å². The number of pyridine rings is 1. The number of nitrogens with zero attached hydrogens (tertiary/aromatic N) is 1. The molecule has 1 rings (SSSR count). The van der Waals surface area contributed by atoms with Crippen LogP contribution in [0.1, 0.15) is 17.4 Å². The summed E-state index contributed by atoms with van der Waals surface area (Å²) in [7, 11) is 0. The van der Waals surface area contributed by atoms with Crippen LogP contribution in [0.4, 0.5) is 0 Å². The first-order chi connectivity index (χ1) is 5.25. The van der Waals surface area contributed by atoms with Crippen molar-refractivity contribution in [3.8, 4) is 0 Å². The lowest BCUT2D eigenvalue weighted by molar-refractivity contribution is -0.697. The molecule has 1 heterocycles. The number of hydrogen-bond donors (Lipinski definition) is 0. The zero-order chi connectivity index (χ0) is 8.27. The maximum Gasteiger partial charge on any atom is 0.228 e. The molecular weight excluding hydrogens is 142 g/mol. The molecule has 0 aromatic carbocycles. The fourth-order valence-electron chi connectivity index (χ4n) is 0.937. The molecule has 0 saturated carbocycles. The summed E-state index contributed by atoms with van der Waals surface area (Å²) in [5, 5.41) is 10.4. The van der Waals surface area contributed by atoms with E-state index in [1.807, 2.05) is 6.92 Å². The minimum Gasteiger partial charge on any atom is -0.539 e. The van der Waals surface area contributed by atoms with Crippen LogP contribution in [-0.2, 0) is 6.54 Å². The summed E-state index contributed by atoms with van der Waals surface area (Å²) in [5.41, 5.74) is 0.218. The maximum absolute atomic E-state index is 10.4. The van der Waals surface area contributed by atoms with Crippen molar-refractivity contribution in [3.63, 3.8) is 0 Å². The summed E-state index contributed by atoms with van der Waals surface area (Å²) in [6, 6.07) is 4.99. The quantitative estimate of drug-likeness (QED) is 0.527. The molecule has 0 aliphatic rings. The third kappa shape index (κ3) is 1.55. The molecule has 0 unspecified atom stereocenters. The summed E-state index contributed by atoms with van der Waals surface area (Å²) >= 11 is 0. The van der Waals surface area contributed by atoms with Crippen molar-refractivity contribution in [1.29, 1.82) is 0 Å². The highest BCUT2D eigenvalue weighted by molar-refractivity contribution is 5.81. The van der Waals surface area contributed by atoms with Gasteiger partial charge in [0.15, 0.2) is 6.20 Å². The van der Waals surface area contributed by atoms with Crippen molar-refractivity contribution in [2.45, 2.75) is 13.5 Å². The number of rotatable bonds is 2. The second-order valence-corrected chi connectivity index (χ2v) is 2.16. The fraction of sp³-hybridized carbons (Fsp3) is 0.250. The van der Waals surface area contributed by atoms with E-state index in [1.165, 1.54) is 6.07 Å². The van der Waals surface area contributed by atoms with Crippen LogP contribution >= 0.6 is 0 Å². The van der Waals surface area contributed by atoms with Gasteiger partial charge < -0.3 is 9.90 Å². The van der Waals surface area contributed by atoms with Crippen molar-refractivity contribution in [2.75, 3.05) is 0 Å². The van der Waals surface area contributed by atoms with Crippen molar-refractivity contribution in [3.05, 3.63) is 30.1 Å². The van der Waals surface area contributed by atoms with Crippen LogP contribution in [0.25, 0.3) is 0 Å². The molecular formula is C8H9NO2. The predicted molar refractivity (Wildman–Crippen MR) is 36.6 cm³/mol. The van der Waals surface area contributed by atoms with Gasteiger partial charge in [-0.1, -0.05) is 0 Å². The molecule has 0 aliphatic heterocycles. The van der Waals surface area contributed by atoms with Crippen molar-refractivity contribution >= 4 is 5.97 Å². The number of carbonyl (C=O) groups excluding carboxylic acids is 1. The first-order valence-corrected chi connectivity index (χ1v) is 3.45. The van der Waals surface area contributed by atoms with Crippen molar-refractivity contribution < 1.29 is 14.5 Å². The van der Waals surface area contributed by atoms with Gasteiger partial charge in [-0.05, 0) is 13.0 Å². The molecule has 58 valence electrons. The monoisotopic (exact) mass is 151 g/mol. The highest BCUT2D eigenvalue weighted by atomic mass is 16.4. The van der Waals surface area contributed by atoms with Gasteiger partial charge in [-0.3, -0.25) is 0 Å². The first-order valence-electron chi connectivity index (χ1n) is 3.45. The zero-order valence-corrected chi connectivity index (χ0v) is 6.28. The average molecular weight is 151 g/mol. The Bertz CT molecular complexity index is 271. The SMILES string of the molecule is CC[n+]1ccccc1C(=O)[O-]. The first kappa shape index (κ1) is 7.72. The lowest BCUT2D eigenvalue weighted by Gasteiger charge is -2.00. The Balaban J connectivity index is 3.12. The molecule has 0 radical (unpaired) electrons. The van der Waals surface area contributed by atoms with Gasteiger partial charge in [0.1, 0.15) is 12.5 Å². The van der Waals surface area contributed by atoms with Crippen molar-refractivity contribution in [2.24, 2.45) is 0 Å². The standard InChI is InChI=1S/C8H9NO2/c1-2-9-6-4-3-5-7(9)8(10)11/h3-6H,2H2,1H3. The minimum atomic E-state index is -1.13. The molecule has 0 saturated heterocycles. The van der Waals surface area contributed by atoms with Gasteiger partial charge in [-0.15, -0.1) is 0 Å². The van der Waals surface area contributed by atoms with E-state index in [2.05, 4.69) is 0 Å². The summed E-state index contributed by atoms with van der Waals surface area (Å²) < 4.78 is 1.62. The number of aryl methyl sites for hydroxylation is 1. The number of aromatic nitrogens is 1. The zero-order valence-electron chi connectivity index (χ0n) is 6.28. The Morgan fingerprint density at radius 3 is 2.82 bits per heavy atom. The highest BCUT2D eigenvalue weighted by Gasteiger charge is 2.06. The van der Waals surface area contributed by atoms with E-state index >= 15 is 0 Å². The van der Waals surface area contributed by atoms with Crippen molar-refractivity contribution in [1.82, 2.24) is 0 Å². The Labute approximate surface area is 64.9 Å². The summed E-state index contributed by atoms with van der Waals surface area (Å²) in [6.45, 7) is 2.52. The van der Waals surface area contributed by atoms with Gasteiger partial charge in [0, 0.05) is 12.1 Å². The third-order valence-electron chi connectivity index (χ3n) is 1.49. The Kier molecular flexibility index (Phi) is 2.21. The predicted octanol–water partition coefficient (Wildman–Crippen LogP) is -0.642. The summed E-state index contributed by atoms with van der Waals surface area (Å²) in [4.78, 5) is 10.4. The Hall–Kier alpha value is -1.38. The van der Waals surface area contributed by atoms with Gasteiger partial charge in [-0.25, -0.2) is 0 Å². The number of carboxylic acid groups (broad SMARTS) is 1. The second-order valence-electron chi connectivity index (χ2n) is 2.16. The topological polar surface area (TPSA) is 44.0 Å². The largest absolute Gasteiger partial charge is 0.539 e. The smallest absolute Gasteiger partial charge is 0.228 e. The maximum atomic E-state index is 10.4. The van der Waals surface area contributed by atoms with E-state index in [0.717, 1.165) is 0 Å². The lowest BCUT2D eigenvalue weighted by Crippen LogP contribution is -2.43. The number of carboxylic acids is 1. The van der Waals surface area contributed by atoms with Crippen LogP contribution in [0, 0.1) is 0 Å². The number of aromatic carboxylic acids is 1. The normalized spacial score (nSPS) is 9.55. The average Bonchev–Trinajstić information content (AvgIpc) is 2.04. The molecule has 0 atom stereocenters. The Morgan fingerprint density at radius 2 is 2.36 bits per heavy atom. The highest BCUT2D eigenvalue weighted by Crippen LogP contribution is 1.88. The van der Waals surface area contributed by atoms with Crippen LogP contribution in [-0.4, -0.2) is 5.97 Å². The fourth-order valence-corrected chi connectivity index (χ4v) is 0.937. The van der Waals surface area contributed by atoms with Gasteiger partial charge in [0.25, 0.3) is 0 Å². The molecule has 0 aliphatic carbocycles. The van der Waals surface area contributed by atoms with Gasteiger partial charge in [-0.2, -0.15) is 4.57 Å². The van der Waals surface area contributed by atoms with Crippen LogP contribution in [0.15, 0.2) is 24.4 Å². The molecule has 0 amide bonds. The number of hydrogen-bond acceptors (Lipinski definition) is 2. The molecule has 1 aromatic rings. The van der Waals surface area contributed by atoms with Gasteiger partial charge in [0.2, 0.25) is 5.69 Å². The van der Waals surface area contributed by atoms with Gasteiger partial charge in [0.05, 0.1) is 0 Å². The van der Waals surface area contributed by atoms with E-state index in [9.17, 15) is 9.90 Å².